The van der Waals surface area contributed by atoms with E-state index in [2.05, 4.69) is 31.1 Å². The van der Waals surface area contributed by atoms with Gasteiger partial charge < -0.3 is 5.32 Å². The zero-order valence-corrected chi connectivity index (χ0v) is 8.41. The zero-order chi connectivity index (χ0) is 8.10. The molecule has 0 heterocycles. The fraction of sp³-hybridized carbons (Fsp3) is 1.00. The van der Waals surface area contributed by atoms with Gasteiger partial charge in [0.1, 0.15) is 0 Å². The van der Waals surface area contributed by atoms with Crippen molar-refractivity contribution in [3.05, 3.63) is 0 Å². The molecular weight excluding hydrogens is 154 g/mol. The first-order valence-electron chi connectivity index (χ1n) is 4.63. The summed E-state index contributed by atoms with van der Waals surface area (Å²) in [5.74, 6) is 3.64. The van der Waals surface area contributed by atoms with Crippen LogP contribution < -0.4 is 5.32 Å². The van der Waals surface area contributed by atoms with Crippen molar-refractivity contribution in [2.75, 3.05) is 18.6 Å². The maximum atomic E-state index is 3.40. The van der Waals surface area contributed by atoms with Gasteiger partial charge in [-0.2, -0.15) is 11.8 Å². The molecule has 1 aliphatic rings. The SMILES string of the molecule is CCCSC[C@@H](NC)C1CC1. The minimum absolute atomic E-state index is 0.798. The molecule has 1 saturated carbocycles. The van der Waals surface area contributed by atoms with Crippen molar-refractivity contribution in [3.8, 4) is 0 Å². The van der Waals surface area contributed by atoms with Gasteiger partial charge in [-0.1, -0.05) is 6.92 Å². The van der Waals surface area contributed by atoms with Crippen molar-refractivity contribution >= 4 is 11.8 Å². The molecule has 0 saturated heterocycles. The molecule has 0 aromatic heterocycles. The second-order valence-electron chi connectivity index (χ2n) is 3.31. The molecule has 1 N–H and O–H groups in total. The molecule has 0 aliphatic heterocycles. The molecule has 1 fully saturated rings. The van der Waals surface area contributed by atoms with E-state index in [0.29, 0.717) is 0 Å². The van der Waals surface area contributed by atoms with Crippen molar-refractivity contribution in [2.45, 2.75) is 32.2 Å². The summed E-state index contributed by atoms with van der Waals surface area (Å²) in [7, 11) is 2.09. The number of hydrogen-bond donors (Lipinski definition) is 1. The molecule has 1 aliphatic carbocycles. The molecule has 0 aromatic rings. The lowest BCUT2D eigenvalue weighted by molar-refractivity contribution is 0.554. The van der Waals surface area contributed by atoms with Gasteiger partial charge in [-0.05, 0) is 38.0 Å². The minimum Gasteiger partial charge on any atom is -0.316 e. The third-order valence-electron chi connectivity index (χ3n) is 2.21. The highest BCUT2D eigenvalue weighted by atomic mass is 32.2. The van der Waals surface area contributed by atoms with Gasteiger partial charge in [0.2, 0.25) is 0 Å². The summed E-state index contributed by atoms with van der Waals surface area (Å²) in [5, 5.41) is 3.40. The van der Waals surface area contributed by atoms with Crippen molar-refractivity contribution in [2.24, 2.45) is 5.92 Å². The van der Waals surface area contributed by atoms with Crippen LogP contribution in [0.1, 0.15) is 26.2 Å². The van der Waals surface area contributed by atoms with Crippen LogP contribution >= 0.6 is 11.8 Å². The predicted octanol–water partition coefficient (Wildman–Crippen LogP) is 2.13. The molecule has 0 amide bonds. The summed E-state index contributed by atoms with van der Waals surface area (Å²) < 4.78 is 0. The Morgan fingerprint density at radius 2 is 2.27 bits per heavy atom. The lowest BCUT2D eigenvalue weighted by Gasteiger charge is -2.13. The maximum absolute atomic E-state index is 3.40. The highest BCUT2D eigenvalue weighted by Gasteiger charge is 2.29. The summed E-state index contributed by atoms with van der Waals surface area (Å²) in [5.41, 5.74) is 0. The summed E-state index contributed by atoms with van der Waals surface area (Å²) in [4.78, 5) is 0. The number of hydrogen-bond acceptors (Lipinski definition) is 2. The van der Waals surface area contributed by atoms with Crippen LogP contribution in [0.4, 0.5) is 0 Å². The summed E-state index contributed by atoms with van der Waals surface area (Å²) in [6, 6.07) is 0.798. The molecule has 11 heavy (non-hydrogen) atoms. The van der Waals surface area contributed by atoms with Crippen LogP contribution in [-0.2, 0) is 0 Å². The van der Waals surface area contributed by atoms with Gasteiger partial charge in [-0.15, -0.1) is 0 Å². The van der Waals surface area contributed by atoms with E-state index in [9.17, 15) is 0 Å². The Morgan fingerprint density at radius 1 is 1.55 bits per heavy atom. The number of nitrogens with one attached hydrogen (secondary N) is 1. The fourth-order valence-electron chi connectivity index (χ4n) is 1.31. The van der Waals surface area contributed by atoms with E-state index in [-0.39, 0.29) is 0 Å². The molecule has 0 radical (unpaired) electrons. The Kier molecular flexibility index (Phi) is 4.31. The van der Waals surface area contributed by atoms with Gasteiger partial charge >= 0.3 is 0 Å². The lowest BCUT2D eigenvalue weighted by Crippen LogP contribution is -2.29. The Balaban J connectivity index is 2.01. The Labute approximate surface area is 74.3 Å². The first-order chi connectivity index (χ1) is 5.38. The van der Waals surface area contributed by atoms with Gasteiger partial charge in [0.15, 0.2) is 0 Å². The van der Waals surface area contributed by atoms with E-state index in [1.807, 2.05) is 0 Å². The fourth-order valence-corrected chi connectivity index (χ4v) is 2.46. The summed E-state index contributed by atoms with van der Waals surface area (Å²) in [6.07, 6.45) is 4.22. The first-order valence-corrected chi connectivity index (χ1v) is 5.79. The molecule has 1 nitrogen and oxygen atoms in total. The molecule has 0 bridgehead atoms. The monoisotopic (exact) mass is 173 g/mol. The van der Waals surface area contributed by atoms with Crippen LogP contribution in [0.2, 0.25) is 0 Å². The molecule has 0 aromatic carbocycles. The summed E-state index contributed by atoms with van der Waals surface area (Å²) >= 11 is 2.09. The highest BCUT2D eigenvalue weighted by Crippen LogP contribution is 2.33. The Bertz CT molecular complexity index is 102. The minimum atomic E-state index is 0.798. The normalized spacial score (nSPS) is 20.2. The highest BCUT2D eigenvalue weighted by molar-refractivity contribution is 7.99. The van der Waals surface area contributed by atoms with Crippen molar-refractivity contribution in [1.82, 2.24) is 5.32 Å². The van der Waals surface area contributed by atoms with Gasteiger partial charge in [0.05, 0.1) is 0 Å². The van der Waals surface area contributed by atoms with E-state index < -0.39 is 0 Å². The van der Waals surface area contributed by atoms with Crippen LogP contribution in [0.3, 0.4) is 0 Å². The smallest absolute Gasteiger partial charge is 0.0183 e. The van der Waals surface area contributed by atoms with E-state index in [1.165, 1.54) is 30.8 Å². The predicted molar refractivity (Wildman–Crippen MR) is 53.2 cm³/mol. The third-order valence-corrected chi connectivity index (χ3v) is 3.50. The lowest BCUT2D eigenvalue weighted by atomic mass is 10.2. The zero-order valence-electron chi connectivity index (χ0n) is 7.60. The number of thioether (sulfide) groups is 1. The molecule has 0 spiro atoms. The van der Waals surface area contributed by atoms with Crippen LogP contribution in [0.15, 0.2) is 0 Å². The second-order valence-corrected chi connectivity index (χ2v) is 4.46. The standard InChI is InChI=1S/C9H19NS/c1-3-6-11-7-9(10-2)8-4-5-8/h8-10H,3-7H2,1-2H3/t9-/m1/s1. The van der Waals surface area contributed by atoms with E-state index in [4.69, 9.17) is 0 Å². The van der Waals surface area contributed by atoms with Crippen LogP contribution in [-0.4, -0.2) is 24.6 Å². The second kappa shape index (κ2) is 5.04. The topological polar surface area (TPSA) is 12.0 Å². The quantitative estimate of drug-likeness (QED) is 0.618. The maximum Gasteiger partial charge on any atom is 0.0183 e. The molecule has 0 unspecified atom stereocenters. The third kappa shape index (κ3) is 3.48. The molecule has 1 atom stereocenters. The molecular formula is C9H19NS. The van der Waals surface area contributed by atoms with Gasteiger partial charge in [0, 0.05) is 11.8 Å². The van der Waals surface area contributed by atoms with Crippen LogP contribution in [0.25, 0.3) is 0 Å². The largest absolute Gasteiger partial charge is 0.316 e. The van der Waals surface area contributed by atoms with Crippen molar-refractivity contribution < 1.29 is 0 Å². The Morgan fingerprint density at radius 3 is 2.73 bits per heavy atom. The van der Waals surface area contributed by atoms with E-state index in [1.54, 1.807) is 0 Å². The first kappa shape index (κ1) is 9.40. The summed E-state index contributed by atoms with van der Waals surface area (Å²) in [6.45, 7) is 2.25. The molecule has 1 rings (SSSR count). The van der Waals surface area contributed by atoms with Gasteiger partial charge in [-0.25, -0.2) is 0 Å². The van der Waals surface area contributed by atoms with Crippen molar-refractivity contribution in [3.63, 3.8) is 0 Å². The van der Waals surface area contributed by atoms with Crippen molar-refractivity contribution in [1.29, 1.82) is 0 Å². The molecule has 2 heteroatoms. The molecule has 66 valence electrons. The van der Waals surface area contributed by atoms with Gasteiger partial charge in [0.25, 0.3) is 0 Å². The average Bonchev–Trinajstić information content (AvgIpc) is 2.81. The van der Waals surface area contributed by atoms with Crippen LogP contribution in [0, 0.1) is 5.92 Å². The van der Waals surface area contributed by atoms with E-state index >= 15 is 0 Å². The number of rotatable bonds is 6. The van der Waals surface area contributed by atoms with E-state index in [0.717, 1.165) is 12.0 Å². The van der Waals surface area contributed by atoms with Gasteiger partial charge in [-0.3, -0.25) is 0 Å². The average molecular weight is 173 g/mol. The Hall–Kier alpha value is 0.310. The van der Waals surface area contributed by atoms with Crippen LogP contribution in [0.5, 0.6) is 0 Å².